The zero-order valence-electron chi connectivity index (χ0n) is 21.8. The van der Waals surface area contributed by atoms with Gasteiger partial charge in [0.2, 0.25) is 11.8 Å². The average molecular weight is 547 g/mol. The fourth-order valence-electron chi connectivity index (χ4n) is 3.95. The van der Waals surface area contributed by atoms with Crippen LogP contribution in [-0.2, 0) is 44.6 Å². The SMILES string of the molecule is O=C(O)CCOCCOCCOCCOCCOCC#Cc1ccc2c(c1)CN(C1CCC(=O)NC1=O)C2=O. The quantitative estimate of drug-likeness (QED) is 0.159. The highest BCUT2D eigenvalue weighted by molar-refractivity contribution is 6.05. The molecule has 0 radical (unpaired) electrons. The maximum Gasteiger partial charge on any atom is 0.305 e. The third-order valence-corrected chi connectivity index (χ3v) is 5.88. The maximum atomic E-state index is 12.7. The summed E-state index contributed by atoms with van der Waals surface area (Å²) in [6.45, 7) is 3.95. The lowest BCUT2D eigenvalue weighted by molar-refractivity contribution is -0.139. The van der Waals surface area contributed by atoms with E-state index in [4.69, 9.17) is 28.8 Å². The topological polar surface area (TPSA) is 150 Å². The lowest BCUT2D eigenvalue weighted by Crippen LogP contribution is -2.52. The van der Waals surface area contributed by atoms with Crippen molar-refractivity contribution in [3.63, 3.8) is 0 Å². The Morgan fingerprint density at radius 3 is 2.15 bits per heavy atom. The Morgan fingerprint density at radius 2 is 1.54 bits per heavy atom. The van der Waals surface area contributed by atoms with Crippen LogP contribution in [0.4, 0.5) is 0 Å². The smallest absolute Gasteiger partial charge is 0.305 e. The first-order valence-electron chi connectivity index (χ1n) is 12.8. The monoisotopic (exact) mass is 546 g/mol. The molecule has 1 aromatic rings. The van der Waals surface area contributed by atoms with Crippen LogP contribution in [0.3, 0.4) is 0 Å². The Kier molecular flexibility index (Phi) is 12.8. The number of hydrogen-bond donors (Lipinski definition) is 2. The van der Waals surface area contributed by atoms with Crippen molar-refractivity contribution in [1.29, 1.82) is 0 Å². The van der Waals surface area contributed by atoms with Gasteiger partial charge in [-0.15, -0.1) is 0 Å². The van der Waals surface area contributed by atoms with E-state index in [-0.39, 0.29) is 37.9 Å². The minimum Gasteiger partial charge on any atom is -0.481 e. The van der Waals surface area contributed by atoms with E-state index in [0.29, 0.717) is 71.4 Å². The molecule has 212 valence electrons. The highest BCUT2D eigenvalue weighted by Crippen LogP contribution is 2.28. The number of imide groups is 1. The molecule has 1 unspecified atom stereocenters. The van der Waals surface area contributed by atoms with E-state index in [1.807, 2.05) is 6.07 Å². The van der Waals surface area contributed by atoms with Crippen molar-refractivity contribution in [1.82, 2.24) is 10.2 Å². The number of carboxylic acids is 1. The molecule has 39 heavy (non-hydrogen) atoms. The number of ether oxygens (including phenoxy) is 5. The largest absolute Gasteiger partial charge is 0.481 e. The number of aliphatic carboxylic acids is 1. The third kappa shape index (κ3) is 10.4. The molecular formula is C27H34N2O10. The number of carboxylic acid groups (broad SMARTS) is 1. The van der Waals surface area contributed by atoms with Crippen LogP contribution in [0, 0.1) is 11.8 Å². The summed E-state index contributed by atoms with van der Waals surface area (Å²) in [5.74, 6) is 4.12. The molecule has 1 atom stereocenters. The lowest BCUT2D eigenvalue weighted by Gasteiger charge is -2.29. The molecule has 0 bridgehead atoms. The first-order valence-corrected chi connectivity index (χ1v) is 12.8. The van der Waals surface area contributed by atoms with Crippen LogP contribution >= 0.6 is 0 Å². The van der Waals surface area contributed by atoms with Gasteiger partial charge in [0.15, 0.2) is 0 Å². The van der Waals surface area contributed by atoms with Crippen LogP contribution in [-0.4, -0.2) is 106 Å². The van der Waals surface area contributed by atoms with Gasteiger partial charge in [0.1, 0.15) is 12.6 Å². The Morgan fingerprint density at radius 1 is 0.923 bits per heavy atom. The standard InChI is InChI=1S/C27H34N2O10/c30-24-6-5-23(26(33)28-24)29-19-21-18-20(3-4-22(21)27(29)34)2-1-8-35-10-12-37-14-16-39-17-15-38-13-11-36-9-7-25(31)32/h3-4,18,23H,5-17,19H2,(H,31,32)(H,28,30,33). The van der Waals surface area contributed by atoms with Crippen molar-refractivity contribution >= 4 is 23.7 Å². The Balaban J connectivity index is 1.20. The molecule has 2 heterocycles. The molecule has 0 saturated carbocycles. The minimum absolute atomic E-state index is 0.0170. The number of amides is 3. The van der Waals surface area contributed by atoms with Crippen LogP contribution in [0.5, 0.6) is 0 Å². The van der Waals surface area contributed by atoms with Gasteiger partial charge in [-0.1, -0.05) is 11.8 Å². The van der Waals surface area contributed by atoms with Gasteiger partial charge >= 0.3 is 5.97 Å². The van der Waals surface area contributed by atoms with Crippen molar-refractivity contribution in [2.75, 3.05) is 66.1 Å². The molecule has 1 aromatic carbocycles. The molecule has 3 rings (SSSR count). The number of carbonyl (C=O) groups is 4. The number of hydrogen-bond acceptors (Lipinski definition) is 9. The molecule has 2 N–H and O–H groups in total. The number of fused-ring (bicyclic) bond motifs is 1. The van der Waals surface area contributed by atoms with E-state index in [9.17, 15) is 19.2 Å². The molecule has 0 spiro atoms. The van der Waals surface area contributed by atoms with Crippen molar-refractivity contribution < 1.29 is 48.0 Å². The summed E-state index contributed by atoms with van der Waals surface area (Å²) in [7, 11) is 0. The molecule has 1 saturated heterocycles. The van der Waals surface area contributed by atoms with Crippen LogP contribution in [0.15, 0.2) is 18.2 Å². The highest BCUT2D eigenvalue weighted by atomic mass is 16.6. The number of nitrogens with zero attached hydrogens (tertiary/aromatic N) is 1. The summed E-state index contributed by atoms with van der Waals surface area (Å²) in [6.07, 6.45) is 0.534. The van der Waals surface area contributed by atoms with Gasteiger partial charge in [0, 0.05) is 24.1 Å². The summed E-state index contributed by atoms with van der Waals surface area (Å²) in [5.41, 5.74) is 2.11. The molecule has 3 amide bonds. The second kappa shape index (κ2) is 16.6. The van der Waals surface area contributed by atoms with Crippen LogP contribution in [0.2, 0.25) is 0 Å². The van der Waals surface area contributed by atoms with Crippen LogP contribution in [0.25, 0.3) is 0 Å². The molecular weight excluding hydrogens is 512 g/mol. The van der Waals surface area contributed by atoms with Gasteiger partial charge in [0.25, 0.3) is 5.91 Å². The number of nitrogens with one attached hydrogen (secondary N) is 1. The predicted molar refractivity (Wildman–Crippen MR) is 136 cm³/mol. The second-order valence-electron chi connectivity index (χ2n) is 8.72. The summed E-state index contributed by atoms with van der Waals surface area (Å²) in [6, 6.07) is 4.69. The first kappa shape index (κ1) is 30.2. The summed E-state index contributed by atoms with van der Waals surface area (Å²) in [5, 5.41) is 10.8. The van der Waals surface area contributed by atoms with Gasteiger partial charge in [-0.2, -0.15) is 0 Å². The fourth-order valence-corrected chi connectivity index (χ4v) is 3.95. The van der Waals surface area contributed by atoms with E-state index in [1.54, 1.807) is 12.1 Å². The predicted octanol–water partition coefficient (Wildman–Crippen LogP) is 0.357. The van der Waals surface area contributed by atoms with E-state index in [0.717, 1.165) is 11.1 Å². The van der Waals surface area contributed by atoms with Crippen molar-refractivity contribution in [2.24, 2.45) is 0 Å². The number of rotatable bonds is 17. The highest BCUT2D eigenvalue weighted by Gasteiger charge is 2.38. The van der Waals surface area contributed by atoms with E-state index >= 15 is 0 Å². The molecule has 12 nitrogen and oxygen atoms in total. The van der Waals surface area contributed by atoms with Gasteiger partial charge < -0.3 is 33.7 Å². The fraction of sp³-hybridized carbons (Fsp3) is 0.556. The molecule has 12 heteroatoms. The normalized spacial score (nSPS) is 16.6. The zero-order valence-corrected chi connectivity index (χ0v) is 21.8. The van der Waals surface area contributed by atoms with Gasteiger partial charge in [-0.05, 0) is 30.2 Å². The van der Waals surface area contributed by atoms with Crippen LogP contribution in [0.1, 0.15) is 40.7 Å². The lowest BCUT2D eigenvalue weighted by atomic mass is 10.0. The van der Waals surface area contributed by atoms with E-state index in [2.05, 4.69) is 17.2 Å². The second-order valence-corrected chi connectivity index (χ2v) is 8.72. The van der Waals surface area contributed by atoms with Crippen molar-refractivity contribution in [3.05, 3.63) is 34.9 Å². The van der Waals surface area contributed by atoms with Crippen molar-refractivity contribution in [2.45, 2.75) is 31.8 Å². The average Bonchev–Trinajstić information content (AvgIpc) is 3.23. The summed E-state index contributed by atoms with van der Waals surface area (Å²) < 4.78 is 26.7. The molecule has 2 aliphatic rings. The zero-order chi connectivity index (χ0) is 27.9. The number of carbonyl (C=O) groups excluding carboxylic acids is 3. The number of piperidine rings is 1. The minimum atomic E-state index is -0.887. The molecule has 0 aromatic heterocycles. The van der Waals surface area contributed by atoms with Gasteiger partial charge in [-0.3, -0.25) is 24.5 Å². The van der Waals surface area contributed by atoms with Crippen molar-refractivity contribution in [3.8, 4) is 11.8 Å². The Bertz CT molecular complexity index is 1060. The maximum absolute atomic E-state index is 12.7. The summed E-state index contributed by atoms with van der Waals surface area (Å²) in [4.78, 5) is 48.1. The Hall–Kier alpha value is -3.34. The number of benzene rings is 1. The van der Waals surface area contributed by atoms with Crippen LogP contribution < -0.4 is 5.32 Å². The molecule has 2 aliphatic heterocycles. The van der Waals surface area contributed by atoms with E-state index in [1.165, 1.54) is 4.90 Å². The molecule has 0 aliphatic carbocycles. The molecule has 1 fully saturated rings. The van der Waals surface area contributed by atoms with Gasteiger partial charge in [-0.25, -0.2) is 0 Å². The van der Waals surface area contributed by atoms with Gasteiger partial charge in [0.05, 0.1) is 65.9 Å². The van der Waals surface area contributed by atoms with E-state index < -0.39 is 17.9 Å². The third-order valence-electron chi connectivity index (χ3n) is 5.88. The first-order chi connectivity index (χ1) is 19.0. The Labute approximate surface area is 226 Å². The summed E-state index contributed by atoms with van der Waals surface area (Å²) >= 11 is 0.